The summed E-state index contributed by atoms with van der Waals surface area (Å²) in [7, 11) is 0. The van der Waals surface area contributed by atoms with Crippen molar-refractivity contribution in [2.24, 2.45) is 0 Å². The van der Waals surface area contributed by atoms with Crippen LogP contribution in [0.5, 0.6) is 0 Å². The van der Waals surface area contributed by atoms with Gasteiger partial charge in [-0.15, -0.1) is 0 Å². The molecular weight excluding hydrogens is 318 g/mol. The van der Waals surface area contributed by atoms with Crippen molar-refractivity contribution in [3.05, 3.63) is 65.7 Å². The van der Waals surface area contributed by atoms with E-state index in [-0.39, 0.29) is 6.10 Å². The largest absolute Gasteiger partial charge is 0.374 e. The van der Waals surface area contributed by atoms with Crippen molar-refractivity contribution in [1.29, 1.82) is 0 Å². The molecule has 3 aromatic rings. The maximum Gasteiger partial charge on any atom is 0.210 e. The topological polar surface area (TPSA) is 68.9 Å². The number of ether oxygens (including phenoxy) is 2. The maximum absolute atomic E-state index is 11.0. The molecule has 2 atom stereocenters. The summed E-state index contributed by atoms with van der Waals surface area (Å²) in [5.74, 6) is -1.34. The van der Waals surface area contributed by atoms with Crippen LogP contribution in [-0.4, -0.2) is 32.4 Å². The minimum Gasteiger partial charge on any atom is -0.374 e. The number of hydrogen-bond donors (Lipinski definition) is 1. The van der Waals surface area contributed by atoms with Crippen molar-refractivity contribution in [2.45, 2.75) is 38.3 Å². The van der Waals surface area contributed by atoms with Gasteiger partial charge in [-0.05, 0) is 31.0 Å². The maximum atomic E-state index is 11.0. The predicted octanol–water partition coefficient (Wildman–Crippen LogP) is 2.58. The summed E-state index contributed by atoms with van der Waals surface area (Å²) in [5.41, 5.74) is 3.50. The van der Waals surface area contributed by atoms with Crippen molar-refractivity contribution in [3.8, 4) is 0 Å². The Morgan fingerprint density at radius 2 is 2.12 bits per heavy atom. The van der Waals surface area contributed by atoms with E-state index in [4.69, 9.17) is 9.47 Å². The first-order chi connectivity index (χ1) is 12.2. The van der Waals surface area contributed by atoms with Crippen LogP contribution in [0.15, 0.2) is 48.8 Å². The van der Waals surface area contributed by atoms with Gasteiger partial charge in [-0.3, -0.25) is 0 Å². The molecule has 1 aromatic carbocycles. The minimum absolute atomic E-state index is 0.137. The summed E-state index contributed by atoms with van der Waals surface area (Å²) < 4.78 is 13.4. The molecule has 4 rings (SSSR count). The summed E-state index contributed by atoms with van der Waals surface area (Å²) in [6.07, 6.45) is 2.61. The number of aliphatic hydroxyl groups is 1. The van der Waals surface area contributed by atoms with Crippen molar-refractivity contribution >= 4 is 5.52 Å². The number of hydrogen-bond acceptors (Lipinski definition) is 5. The van der Waals surface area contributed by atoms with Crippen LogP contribution < -0.4 is 0 Å². The highest BCUT2D eigenvalue weighted by atomic mass is 16.6. The van der Waals surface area contributed by atoms with Crippen molar-refractivity contribution < 1.29 is 14.6 Å². The second-order valence-electron chi connectivity index (χ2n) is 6.42. The average molecular weight is 339 g/mol. The summed E-state index contributed by atoms with van der Waals surface area (Å²) in [6.45, 7) is 2.91. The van der Waals surface area contributed by atoms with E-state index in [2.05, 4.69) is 10.1 Å². The molecule has 130 valence electrons. The van der Waals surface area contributed by atoms with Crippen molar-refractivity contribution in [2.75, 3.05) is 6.61 Å². The Kier molecular flexibility index (Phi) is 4.25. The second-order valence-corrected chi connectivity index (χ2v) is 6.42. The molecule has 1 fully saturated rings. The molecule has 1 N–H and O–H groups in total. The summed E-state index contributed by atoms with van der Waals surface area (Å²) in [4.78, 5) is 4.18. The Bertz CT molecular complexity index is 865. The van der Waals surface area contributed by atoms with Gasteiger partial charge in [0.25, 0.3) is 0 Å². The van der Waals surface area contributed by atoms with E-state index in [1.54, 1.807) is 4.52 Å². The SMILES string of the molecule is Cc1ncnn2c(C3(O)CC[C@@H](COCc4ccccc4)O3)ccc12. The zero-order valence-corrected chi connectivity index (χ0v) is 14.1. The van der Waals surface area contributed by atoms with Gasteiger partial charge in [0.15, 0.2) is 0 Å². The van der Waals surface area contributed by atoms with Gasteiger partial charge in [0, 0.05) is 6.42 Å². The van der Waals surface area contributed by atoms with Gasteiger partial charge in [0.05, 0.1) is 30.5 Å². The Morgan fingerprint density at radius 1 is 1.28 bits per heavy atom. The van der Waals surface area contributed by atoms with E-state index in [1.807, 2.05) is 49.4 Å². The van der Waals surface area contributed by atoms with Crippen molar-refractivity contribution in [3.63, 3.8) is 0 Å². The molecule has 25 heavy (non-hydrogen) atoms. The Morgan fingerprint density at radius 3 is 2.96 bits per heavy atom. The number of aryl methyl sites for hydroxylation is 1. The number of benzene rings is 1. The summed E-state index contributed by atoms with van der Waals surface area (Å²) in [6, 6.07) is 13.8. The highest BCUT2D eigenvalue weighted by Crippen LogP contribution is 2.37. The number of fused-ring (bicyclic) bond motifs is 1. The summed E-state index contributed by atoms with van der Waals surface area (Å²) >= 11 is 0. The predicted molar refractivity (Wildman–Crippen MR) is 91.8 cm³/mol. The molecule has 2 aromatic heterocycles. The molecule has 0 radical (unpaired) electrons. The molecule has 6 heteroatoms. The number of aromatic nitrogens is 3. The molecule has 1 aliphatic heterocycles. The third kappa shape index (κ3) is 3.16. The van der Waals surface area contributed by atoms with E-state index in [0.717, 1.165) is 23.2 Å². The molecule has 0 amide bonds. The van der Waals surface area contributed by atoms with E-state index >= 15 is 0 Å². The van der Waals surface area contributed by atoms with Gasteiger partial charge in [-0.2, -0.15) is 5.10 Å². The smallest absolute Gasteiger partial charge is 0.210 e. The molecular formula is C19H21N3O3. The van der Waals surface area contributed by atoms with Gasteiger partial charge in [-0.1, -0.05) is 30.3 Å². The van der Waals surface area contributed by atoms with E-state index in [1.165, 1.54) is 6.33 Å². The van der Waals surface area contributed by atoms with Crippen LogP contribution in [0.2, 0.25) is 0 Å². The number of rotatable bonds is 5. The van der Waals surface area contributed by atoms with Gasteiger partial charge in [0.1, 0.15) is 12.0 Å². The van der Waals surface area contributed by atoms with E-state index < -0.39 is 5.79 Å². The number of nitrogens with zero attached hydrogens (tertiary/aromatic N) is 3. The highest BCUT2D eigenvalue weighted by Gasteiger charge is 2.42. The lowest BCUT2D eigenvalue weighted by Gasteiger charge is -2.23. The summed E-state index contributed by atoms with van der Waals surface area (Å²) in [5, 5.41) is 15.2. The van der Waals surface area contributed by atoms with Crippen molar-refractivity contribution in [1.82, 2.24) is 14.6 Å². The van der Waals surface area contributed by atoms with E-state index in [9.17, 15) is 5.11 Å². The zero-order chi connectivity index (χ0) is 17.3. The molecule has 1 saturated heterocycles. The fraction of sp³-hybridized carbons (Fsp3) is 0.368. The third-order valence-corrected chi connectivity index (χ3v) is 4.63. The van der Waals surface area contributed by atoms with Crippen LogP contribution in [0.4, 0.5) is 0 Å². The average Bonchev–Trinajstić information content (AvgIpc) is 3.22. The minimum atomic E-state index is -1.34. The van der Waals surface area contributed by atoms with Crippen LogP contribution in [0.25, 0.3) is 5.52 Å². The zero-order valence-electron chi connectivity index (χ0n) is 14.1. The highest BCUT2D eigenvalue weighted by molar-refractivity contribution is 5.52. The first-order valence-electron chi connectivity index (χ1n) is 8.47. The van der Waals surface area contributed by atoms with Crippen LogP contribution in [0, 0.1) is 6.92 Å². The first-order valence-corrected chi connectivity index (χ1v) is 8.47. The molecule has 6 nitrogen and oxygen atoms in total. The van der Waals surface area contributed by atoms with E-state index in [0.29, 0.717) is 25.3 Å². The third-order valence-electron chi connectivity index (χ3n) is 4.63. The fourth-order valence-corrected chi connectivity index (χ4v) is 3.29. The first kappa shape index (κ1) is 16.2. The van der Waals surface area contributed by atoms with Crippen LogP contribution in [0.3, 0.4) is 0 Å². The van der Waals surface area contributed by atoms with Crippen LogP contribution in [-0.2, 0) is 21.9 Å². The van der Waals surface area contributed by atoms with Crippen LogP contribution >= 0.6 is 0 Å². The normalized spacial score (nSPS) is 23.4. The molecule has 1 aliphatic rings. The van der Waals surface area contributed by atoms with Gasteiger partial charge >= 0.3 is 0 Å². The van der Waals surface area contributed by atoms with Crippen LogP contribution in [0.1, 0.15) is 29.8 Å². The molecule has 0 saturated carbocycles. The lowest BCUT2D eigenvalue weighted by atomic mass is 10.1. The Labute approximate surface area is 146 Å². The quantitative estimate of drug-likeness (QED) is 0.774. The monoisotopic (exact) mass is 339 g/mol. The standard InChI is InChI=1S/C19H21N3O3/c1-14-17-7-8-18(22(17)21-13-20-14)19(23)10-9-16(25-19)12-24-11-15-5-3-2-4-6-15/h2-8,13,16,23H,9-12H2,1H3/t16-,19?/m0/s1. The Hall–Kier alpha value is -2.28. The second kappa shape index (κ2) is 6.55. The lowest BCUT2D eigenvalue weighted by molar-refractivity contribution is -0.211. The lowest BCUT2D eigenvalue weighted by Crippen LogP contribution is -2.29. The molecule has 0 bridgehead atoms. The molecule has 1 unspecified atom stereocenters. The molecule has 3 heterocycles. The molecule has 0 spiro atoms. The molecule has 0 aliphatic carbocycles. The van der Waals surface area contributed by atoms with Gasteiger partial charge < -0.3 is 14.6 Å². The fourth-order valence-electron chi connectivity index (χ4n) is 3.29. The van der Waals surface area contributed by atoms with Gasteiger partial charge in [-0.25, -0.2) is 9.50 Å². The Balaban J connectivity index is 1.43. The van der Waals surface area contributed by atoms with Gasteiger partial charge in [0.2, 0.25) is 5.79 Å².